The molecule has 0 spiro atoms. The van der Waals surface area contributed by atoms with Crippen molar-refractivity contribution in [3.63, 3.8) is 0 Å². The molecule has 0 saturated heterocycles. The number of aliphatic carboxylic acids is 1. The van der Waals surface area contributed by atoms with Gasteiger partial charge >= 0.3 is 5.97 Å². The Hall–Kier alpha value is -0.610. The smallest absolute Gasteiger partial charge is 0.320 e. The second-order valence-corrected chi connectivity index (χ2v) is 1.94. The monoisotopic (exact) mass is 148 g/mol. The van der Waals surface area contributed by atoms with E-state index in [-0.39, 0.29) is 19.4 Å². The zero-order valence-electron chi connectivity index (χ0n) is 7.71. The highest BCUT2D eigenvalue weighted by Gasteiger charge is 2.09. The lowest BCUT2D eigenvalue weighted by atomic mass is 10.1. The van der Waals surface area contributed by atoms with Gasteiger partial charge in [0.15, 0.2) is 0 Å². The van der Waals surface area contributed by atoms with Crippen LogP contribution in [0.3, 0.4) is 0 Å². The van der Waals surface area contributed by atoms with Crippen molar-refractivity contribution in [1.82, 2.24) is 0 Å². The summed E-state index contributed by atoms with van der Waals surface area (Å²) in [5, 5.41) is 8.39. The highest BCUT2D eigenvalue weighted by Crippen LogP contribution is 1.96. The molecule has 0 amide bonds. The van der Waals surface area contributed by atoms with Crippen LogP contribution in [0.25, 0.3) is 0 Å². The van der Waals surface area contributed by atoms with Crippen molar-refractivity contribution >= 4 is 5.97 Å². The number of hydrogen-bond acceptors (Lipinski definition) is 3. The average molecular weight is 148 g/mol. The van der Waals surface area contributed by atoms with E-state index in [9.17, 15) is 4.79 Å². The number of hydrogen-bond donors (Lipinski definition) is 3. The van der Waals surface area contributed by atoms with Crippen molar-refractivity contribution in [3.05, 3.63) is 0 Å². The standard InChI is InChI=1S/C6H14N2O2/c7-4-2-1-3-5(8)6(9)10/h5H,1-4,7-8H2,(H,9,10)/t5-/m0/s1/i1D2. The van der Waals surface area contributed by atoms with Crippen molar-refractivity contribution in [2.24, 2.45) is 11.5 Å². The minimum absolute atomic E-state index is 0.133. The Balaban J connectivity index is 3.95. The van der Waals surface area contributed by atoms with Crippen molar-refractivity contribution in [2.45, 2.75) is 25.3 Å². The number of carboxylic acids is 1. The van der Waals surface area contributed by atoms with Crippen LogP contribution < -0.4 is 11.5 Å². The fraction of sp³-hybridized carbons (Fsp3) is 0.833. The summed E-state index contributed by atoms with van der Waals surface area (Å²) in [4.78, 5) is 10.3. The Morgan fingerprint density at radius 2 is 2.40 bits per heavy atom. The van der Waals surface area contributed by atoms with Gasteiger partial charge in [-0.3, -0.25) is 4.79 Å². The first-order valence-electron chi connectivity index (χ1n) is 4.07. The highest BCUT2D eigenvalue weighted by atomic mass is 16.4. The predicted octanol–water partition coefficient (Wildman–Crippen LogP) is -0.473. The van der Waals surface area contributed by atoms with E-state index >= 15 is 0 Å². The fourth-order valence-corrected chi connectivity index (χ4v) is 0.447. The van der Waals surface area contributed by atoms with Crippen LogP contribution in [0.15, 0.2) is 0 Å². The third-order valence-corrected chi connectivity index (χ3v) is 1.00. The lowest BCUT2D eigenvalue weighted by molar-refractivity contribution is -0.138. The molecule has 0 radical (unpaired) electrons. The normalized spacial score (nSPS) is 17.4. The molecule has 0 heterocycles. The second-order valence-electron chi connectivity index (χ2n) is 1.94. The van der Waals surface area contributed by atoms with Crippen LogP contribution in [0.4, 0.5) is 0 Å². The molecule has 60 valence electrons. The molecule has 4 nitrogen and oxygen atoms in total. The van der Waals surface area contributed by atoms with Crippen LogP contribution in [0.2, 0.25) is 0 Å². The average Bonchev–Trinajstić information content (AvgIpc) is 1.85. The summed E-state index contributed by atoms with van der Waals surface area (Å²) in [6.07, 6.45) is -1.64. The van der Waals surface area contributed by atoms with E-state index in [0.717, 1.165) is 0 Å². The Morgan fingerprint density at radius 3 is 2.80 bits per heavy atom. The van der Waals surface area contributed by atoms with Crippen LogP contribution in [0.5, 0.6) is 0 Å². The van der Waals surface area contributed by atoms with Crippen molar-refractivity contribution < 1.29 is 12.6 Å². The highest BCUT2D eigenvalue weighted by molar-refractivity contribution is 5.72. The van der Waals surface area contributed by atoms with E-state index < -0.39 is 18.4 Å². The Kier molecular flexibility index (Phi) is 3.18. The van der Waals surface area contributed by atoms with Gasteiger partial charge in [-0.15, -0.1) is 0 Å². The molecular weight excluding hydrogens is 132 g/mol. The van der Waals surface area contributed by atoms with Gasteiger partial charge in [0.05, 0.1) is 0 Å². The summed E-state index contributed by atoms with van der Waals surface area (Å²) in [7, 11) is 0. The number of carbonyl (C=O) groups is 1. The SMILES string of the molecule is [2H]C([2H])(CCN)C[C@H](N)C(=O)O. The number of rotatable bonds is 5. The quantitative estimate of drug-likeness (QED) is 0.491. The van der Waals surface area contributed by atoms with E-state index in [2.05, 4.69) is 0 Å². The molecule has 0 saturated carbocycles. The van der Waals surface area contributed by atoms with Gasteiger partial charge in [-0.2, -0.15) is 0 Å². The topological polar surface area (TPSA) is 89.3 Å². The molecular formula is C6H14N2O2. The molecule has 0 aromatic rings. The zero-order chi connectivity index (χ0) is 9.78. The molecule has 0 fully saturated rings. The molecule has 5 N–H and O–H groups in total. The Labute approximate surface area is 63.0 Å². The van der Waals surface area contributed by atoms with Crippen molar-refractivity contribution in [2.75, 3.05) is 6.54 Å². The van der Waals surface area contributed by atoms with Crippen LogP contribution >= 0.6 is 0 Å². The van der Waals surface area contributed by atoms with Crippen LogP contribution in [0, 0.1) is 0 Å². The van der Waals surface area contributed by atoms with Crippen molar-refractivity contribution in [1.29, 1.82) is 0 Å². The molecule has 10 heavy (non-hydrogen) atoms. The third-order valence-electron chi connectivity index (χ3n) is 1.00. The van der Waals surface area contributed by atoms with E-state index in [0.29, 0.717) is 0 Å². The molecule has 0 aromatic heterocycles. The Morgan fingerprint density at radius 1 is 1.80 bits per heavy atom. The molecule has 0 aliphatic heterocycles. The first kappa shape index (κ1) is 6.12. The summed E-state index contributed by atoms with van der Waals surface area (Å²) in [6, 6.07) is -1.15. The number of nitrogens with two attached hydrogens (primary N) is 2. The molecule has 1 atom stereocenters. The summed E-state index contributed by atoms with van der Waals surface area (Å²) >= 11 is 0. The number of carboxylic acid groups (broad SMARTS) is 1. The van der Waals surface area contributed by atoms with Crippen LogP contribution in [-0.2, 0) is 4.79 Å². The second kappa shape index (κ2) is 5.20. The zero-order valence-corrected chi connectivity index (χ0v) is 5.71. The molecule has 0 rings (SSSR count). The first-order valence-corrected chi connectivity index (χ1v) is 3.07. The first-order chi connectivity index (χ1) is 5.39. The van der Waals surface area contributed by atoms with E-state index in [4.69, 9.17) is 19.3 Å². The molecule has 0 aromatic carbocycles. The van der Waals surface area contributed by atoms with E-state index in [1.165, 1.54) is 0 Å². The summed E-state index contributed by atoms with van der Waals surface area (Å²) in [5.41, 5.74) is 10.3. The summed E-state index contributed by atoms with van der Waals surface area (Å²) in [5.74, 6) is -1.18. The van der Waals surface area contributed by atoms with Gasteiger partial charge < -0.3 is 16.6 Å². The minimum Gasteiger partial charge on any atom is -0.480 e. The summed E-state index contributed by atoms with van der Waals surface area (Å²) in [6.45, 7) is 0.194. The lowest BCUT2D eigenvalue weighted by Gasteiger charge is -2.03. The molecule has 4 heteroatoms. The fourth-order valence-electron chi connectivity index (χ4n) is 0.447. The maximum absolute atomic E-state index is 10.3. The van der Waals surface area contributed by atoms with Crippen molar-refractivity contribution in [3.8, 4) is 0 Å². The lowest BCUT2D eigenvalue weighted by Crippen LogP contribution is -2.29. The van der Waals surface area contributed by atoms with Gasteiger partial charge in [0.25, 0.3) is 0 Å². The van der Waals surface area contributed by atoms with Gasteiger partial charge in [-0.25, -0.2) is 0 Å². The predicted molar refractivity (Wildman–Crippen MR) is 38.5 cm³/mol. The van der Waals surface area contributed by atoms with Gasteiger partial charge in [-0.1, -0.05) is 6.37 Å². The summed E-state index contributed by atoms with van der Waals surface area (Å²) < 4.78 is 14.6. The van der Waals surface area contributed by atoms with Gasteiger partial charge in [-0.05, 0) is 19.4 Å². The largest absolute Gasteiger partial charge is 0.480 e. The van der Waals surface area contributed by atoms with E-state index in [1.807, 2.05) is 0 Å². The maximum Gasteiger partial charge on any atom is 0.320 e. The minimum atomic E-state index is -1.58. The van der Waals surface area contributed by atoms with Crippen LogP contribution in [0.1, 0.15) is 22.0 Å². The molecule has 0 bridgehead atoms. The Bertz CT molecular complexity index is 164. The van der Waals surface area contributed by atoms with Crippen LogP contribution in [-0.4, -0.2) is 23.7 Å². The molecule has 0 aliphatic carbocycles. The van der Waals surface area contributed by atoms with E-state index in [1.54, 1.807) is 0 Å². The van der Waals surface area contributed by atoms with Gasteiger partial charge in [0, 0.05) is 2.74 Å². The maximum atomic E-state index is 10.3. The van der Waals surface area contributed by atoms with Gasteiger partial charge in [0.2, 0.25) is 0 Å². The third kappa shape index (κ3) is 4.29. The molecule has 0 unspecified atom stereocenters. The van der Waals surface area contributed by atoms with Gasteiger partial charge in [0.1, 0.15) is 6.04 Å². The molecule has 0 aliphatic rings.